The van der Waals surface area contributed by atoms with E-state index in [2.05, 4.69) is 5.16 Å². The topological polar surface area (TPSA) is 78.9 Å². The van der Waals surface area contributed by atoms with Crippen LogP contribution in [0.1, 0.15) is 32.6 Å². The van der Waals surface area contributed by atoms with Gasteiger partial charge in [-0.2, -0.15) is 13.2 Å². The van der Waals surface area contributed by atoms with Gasteiger partial charge in [0.2, 0.25) is 5.91 Å². The van der Waals surface area contributed by atoms with Crippen LogP contribution in [-0.4, -0.2) is 41.1 Å². The number of oxime groups is 1. The molecular weight excluding hydrogens is 287 g/mol. The molecule has 5 nitrogen and oxygen atoms in total. The van der Waals surface area contributed by atoms with E-state index in [9.17, 15) is 18.0 Å². The van der Waals surface area contributed by atoms with E-state index in [4.69, 9.17) is 10.9 Å². The van der Waals surface area contributed by atoms with E-state index < -0.39 is 23.4 Å². The van der Waals surface area contributed by atoms with Crippen LogP contribution in [0.5, 0.6) is 0 Å². The van der Waals surface area contributed by atoms with E-state index in [-0.39, 0.29) is 24.7 Å². The van der Waals surface area contributed by atoms with Crippen molar-refractivity contribution in [2.45, 2.75) is 38.8 Å². The number of piperidine rings is 1. The highest BCUT2D eigenvalue weighted by atomic mass is 19.4. The number of carbonyl (C=O) groups is 1. The summed E-state index contributed by atoms with van der Waals surface area (Å²) in [7, 11) is 0. The van der Waals surface area contributed by atoms with Gasteiger partial charge in [-0.15, -0.1) is 0 Å². The molecule has 1 saturated heterocycles. The first kappa shape index (κ1) is 15.9. The first-order valence-corrected chi connectivity index (χ1v) is 7.05. The number of likely N-dealkylation sites (tertiary alicyclic amines) is 1. The van der Waals surface area contributed by atoms with Crippen molar-refractivity contribution in [1.82, 2.24) is 4.90 Å². The lowest BCUT2D eigenvalue weighted by molar-refractivity contribution is -0.190. The zero-order chi connectivity index (χ0) is 15.8. The molecule has 2 fully saturated rings. The van der Waals surface area contributed by atoms with Gasteiger partial charge in [-0.05, 0) is 31.6 Å². The molecule has 1 heterocycles. The number of nitrogens with zero attached hydrogens (tertiary/aromatic N) is 2. The first-order chi connectivity index (χ1) is 9.70. The Bertz CT molecular complexity index is 444. The third-order valence-electron chi connectivity index (χ3n) is 4.57. The summed E-state index contributed by atoms with van der Waals surface area (Å²) in [5.41, 5.74) is 4.51. The average molecular weight is 307 g/mol. The van der Waals surface area contributed by atoms with Crippen molar-refractivity contribution < 1.29 is 23.2 Å². The van der Waals surface area contributed by atoms with E-state index in [1.807, 2.05) is 6.92 Å². The van der Waals surface area contributed by atoms with Crippen LogP contribution >= 0.6 is 0 Å². The van der Waals surface area contributed by atoms with E-state index in [1.165, 1.54) is 4.90 Å². The number of amides is 1. The number of halogens is 3. The lowest BCUT2D eigenvalue weighted by Crippen LogP contribution is -2.59. The largest absolute Gasteiger partial charge is 0.409 e. The molecule has 0 aromatic heterocycles. The molecule has 0 aromatic carbocycles. The van der Waals surface area contributed by atoms with Gasteiger partial charge < -0.3 is 15.8 Å². The predicted molar refractivity (Wildman–Crippen MR) is 69.6 cm³/mol. The van der Waals surface area contributed by atoms with Gasteiger partial charge >= 0.3 is 6.18 Å². The van der Waals surface area contributed by atoms with E-state index >= 15 is 0 Å². The number of hydrogen-bond donors (Lipinski definition) is 2. The van der Waals surface area contributed by atoms with Gasteiger partial charge in [0.05, 0.1) is 5.92 Å². The third kappa shape index (κ3) is 2.80. The number of hydrogen-bond acceptors (Lipinski definition) is 3. The van der Waals surface area contributed by atoms with Crippen LogP contribution in [0.4, 0.5) is 13.2 Å². The van der Waals surface area contributed by atoms with E-state index in [1.54, 1.807) is 0 Å². The molecule has 8 heteroatoms. The number of nitrogens with two attached hydrogens (primary N) is 1. The molecule has 1 aliphatic heterocycles. The first-order valence-electron chi connectivity index (χ1n) is 7.05. The third-order valence-corrected chi connectivity index (χ3v) is 4.57. The minimum atomic E-state index is -4.30. The van der Waals surface area contributed by atoms with Gasteiger partial charge in [-0.3, -0.25) is 4.79 Å². The summed E-state index contributed by atoms with van der Waals surface area (Å²) in [6.07, 6.45) is -3.11. The molecule has 2 rings (SSSR count). The minimum Gasteiger partial charge on any atom is -0.409 e. The molecule has 3 N–H and O–H groups in total. The lowest BCUT2D eigenvalue weighted by atomic mass is 9.61. The van der Waals surface area contributed by atoms with Crippen LogP contribution in [0.25, 0.3) is 0 Å². The maximum Gasteiger partial charge on any atom is 0.393 e. The van der Waals surface area contributed by atoms with Gasteiger partial charge in [-0.1, -0.05) is 12.1 Å². The van der Waals surface area contributed by atoms with Crippen molar-refractivity contribution in [3.8, 4) is 0 Å². The second-order valence-corrected chi connectivity index (χ2v) is 6.21. The molecule has 0 aromatic rings. The van der Waals surface area contributed by atoms with Crippen LogP contribution in [0.3, 0.4) is 0 Å². The highest BCUT2D eigenvalue weighted by Gasteiger charge is 2.55. The highest BCUT2D eigenvalue weighted by molar-refractivity contribution is 6.07. The SMILES string of the molecule is CC1CC(C(=O)N2CCCC(C(F)(F)F)C2)(C(N)=NO)C1. The fourth-order valence-corrected chi connectivity index (χ4v) is 3.45. The van der Waals surface area contributed by atoms with Crippen LogP contribution in [-0.2, 0) is 4.79 Å². The zero-order valence-electron chi connectivity index (χ0n) is 11.9. The smallest absolute Gasteiger partial charge is 0.393 e. The molecule has 0 spiro atoms. The number of amidine groups is 1. The van der Waals surface area contributed by atoms with E-state index in [0.29, 0.717) is 25.8 Å². The Labute approximate surface area is 121 Å². The van der Waals surface area contributed by atoms with Crippen molar-refractivity contribution in [2.75, 3.05) is 13.1 Å². The lowest BCUT2D eigenvalue weighted by Gasteiger charge is -2.47. The fraction of sp³-hybridized carbons (Fsp3) is 0.846. The van der Waals surface area contributed by atoms with Gasteiger partial charge in [0.1, 0.15) is 5.41 Å². The quantitative estimate of drug-likeness (QED) is 0.354. The van der Waals surface area contributed by atoms with Gasteiger partial charge in [-0.25, -0.2) is 0 Å². The van der Waals surface area contributed by atoms with Crippen molar-refractivity contribution in [2.24, 2.45) is 28.1 Å². The highest BCUT2D eigenvalue weighted by Crippen LogP contribution is 2.48. The standard InChI is InChI=1S/C13H20F3N3O2/c1-8-5-12(6-8,10(17)18-21)11(20)19-4-2-3-9(7-19)13(14,15)16/h8-9,21H,2-7H2,1H3,(H2,17,18). The molecule has 1 saturated carbocycles. The molecule has 1 amide bonds. The summed E-state index contributed by atoms with van der Waals surface area (Å²) in [5.74, 6) is -1.89. The van der Waals surface area contributed by atoms with Crippen molar-refractivity contribution in [1.29, 1.82) is 0 Å². The van der Waals surface area contributed by atoms with Crippen LogP contribution < -0.4 is 5.73 Å². The zero-order valence-corrected chi connectivity index (χ0v) is 11.9. The summed E-state index contributed by atoms with van der Waals surface area (Å²) in [4.78, 5) is 13.8. The molecule has 1 atom stereocenters. The second kappa shape index (κ2) is 5.38. The summed E-state index contributed by atoms with van der Waals surface area (Å²) in [6.45, 7) is 1.88. The monoisotopic (exact) mass is 307 g/mol. The Kier molecular flexibility index (Phi) is 4.08. The molecule has 120 valence electrons. The van der Waals surface area contributed by atoms with Crippen LogP contribution in [0.2, 0.25) is 0 Å². The van der Waals surface area contributed by atoms with Crippen LogP contribution in [0, 0.1) is 17.3 Å². The number of carbonyl (C=O) groups excluding carboxylic acids is 1. The Balaban J connectivity index is 2.15. The van der Waals surface area contributed by atoms with Gasteiger partial charge in [0, 0.05) is 13.1 Å². The van der Waals surface area contributed by atoms with Crippen LogP contribution in [0.15, 0.2) is 5.16 Å². The number of alkyl halides is 3. The molecular formula is C13H20F3N3O2. The maximum atomic E-state index is 12.8. The van der Waals surface area contributed by atoms with Crippen molar-refractivity contribution >= 4 is 11.7 Å². The molecule has 1 unspecified atom stereocenters. The normalized spacial score (nSPS) is 34.5. The molecule has 2 aliphatic rings. The van der Waals surface area contributed by atoms with Crippen molar-refractivity contribution in [3.63, 3.8) is 0 Å². The Morgan fingerprint density at radius 1 is 1.43 bits per heavy atom. The van der Waals surface area contributed by atoms with Crippen molar-refractivity contribution in [3.05, 3.63) is 0 Å². The predicted octanol–water partition coefficient (Wildman–Crippen LogP) is 1.95. The summed E-state index contributed by atoms with van der Waals surface area (Å²) >= 11 is 0. The Morgan fingerprint density at radius 2 is 2.05 bits per heavy atom. The minimum absolute atomic E-state index is 0.0419. The van der Waals surface area contributed by atoms with E-state index in [0.717, 1.165) is 0 Å². The average Bonchev–Trinajstić information content (AvgIpc) is 2.41. The van der Waals surface area contributed by atoms with Gasteiger partial charge in [0.25, 0.3) is 0 Å². The molecule has 21 heavy (non-hydrogen) atoms. The Morgan fingerprint density at radius 3 is 2.52 bits per heavy atom. The maximum absolute atomic E-state index is 12.8. The molecule has 0 bridgehead atoms. The number of rotatable bonds is 2. The summed E-state index contributed by atoms with van der Waals surface area (Å²) in [5, 5.41) is 11.8. The van der Waals surface area contributed by atoms with Gasteiger partial charge in [0.15, 0.2) is 5.84 Å². The summed E-state index contributed by atoms with van der Waals surface area (Å²) in [6, 6.07) is 0. The Hall–Kier alpha value is -1.47. The summed E-state index contributed by atoms with van der Waals surface area (Å²) < 4.78 is 38.5. The second-order valence-electron chi connectivity index (χ2n) is 6.21. The molecule has 0 radical (unpaired) electrons. The fourth-order valence-electron chi connectivity index (χ4n) is 3.45. The molecule has 1 aliphatic carbocycles.